The number of hydrazone groups is 1. The first-order valence-electron chi connectivity index (χ1n) is 6.20. The Bertz CT molecular complexity index is 672. The summed E-state index contributed by atoms with van der Waals surface area (Å²) in [5, 5.41) is 4.58. The molecule has 0 unspecified atom stereocenters. The normalized spacial score (nSPS) is 10.9. The second-order valence-electron chi connectivity index (χ2n) is 4.17. The molecule has 0 aliphatic rings. The molecule has 2 aromatic rings. The van der Waals surface area contributed by atoms with Gasteiger partial charge in [-0.05, 0) is 36.4 Å². The lowest BCUT2D eigenvalue weighted by Gasteiger charge is -2.02. The molecule has 0 aliphatic heterocycles. The largest absolute Gasteiger partial charge is 0.272 e. The van der Waals surface area contributed by atoms with Gasteiger partial charge in [-0.25, -0.2) is 9.82 Å². The fourth-order valence-corrected chi connectivity index (χ4v) is 2.54. The molecular weight excluding hydrogens is 346 g/mol. The molecule has 22 heavy (non-hydrogen) atoms. The van der Waals surface area contributed by atoms with E-state index >= 15 is 0 Å². The third-order valence-corrected chi connectivity index (χ3v) is 4.16. The Balaban J connectivity index is 1.85. The van der Waals surface area contributed by atoms with Crippen molar-refractivity contribution in [3.63, 3.8) is 0 Å². The van der Waals surface area contributed by atoms with Crippen LogP contribution >= 0.6 is 35.0 Å². The number of benzene rings is 2. The van der Waals surface area contributed by atoms with Crippen LogP contribution in [0.4, 0.5) is 4.39 Å². The van der Waals surface area contributed by atoms with Gasteiger partial charge in [-0.3, -0.25) is 4.79 Å². The summed E-state index contributed by atoms with van der Waals surface area (Å²) in [6.07, 6.45) is 1.18. The van der Waals surface area contributed by atoms with Crippen molar-refractivity contribution in [2.24, 2.45) is 5.10 Å². The van der Waals surface area contributed by atoms with Crippen LogP contribution in [0.3, 0.4) is 0 Å². The van der Waals surface area contributed by atoms with Crippen molar-refractivity contribution < 1.29 is 9.18 Å². The molecule has 0 saturated heterocycles. The van der Waals surface area contributed by atoms with Crippen LogP contribution < -0.4 is 5.43 Å². The summed E-state index contributed by atoms with van der Waals surface area (Å²) in [7, 11) is 0. The predicted molar refractivity (Wildman–Crippen MR) is 89.3 cm³/mol. The number of carbonyl (C=O) groups excluding carboxylic acids is 1. The van der Waals surface area contributed by atoms with Crippen molar-refractivity contribution in [2.75, 3.05) is 5.75 Å². The summed E-state index contributed by atoms with van der Waals surface area (Å²) in [6.45, 7) is 0. The second kappa shape index (κ2) is 8.17. The molecule has 0 atom stereocenters. The molecule has 0 aromatic heterocycles. The molecule has 1 N–H and O–H groups in total. The zero-order valence-corrected chi connectivity index (χ0v) is 13.6. The van der Waals surface area contributed by atoms with E-state index in [1.807, 2.05) is 12.1 Å². The van der Waals surface area contributed by atoms with Gasteiger partial charge in [-0.2, -0.15) is 5.10 Å². The Hall–Kier alpha value is -1.56. The van der Waals surface area contributed by atoms with Gasteiger partial charge in [0.1, 0.15) is 5.82 Å². The summed E-state index contributed by atoms with van der Waals surface area (Å²) in [6, 6.07) is 11.5. The fraction of sp³-hybridized carbons (Fsp3) is 0.0667. The number of rotatable bonds is 5. The monoisotopic (exact) mass is 356 g/mol. The van der Waals surface area contributed by atoms with E-state index in [1.165, 1.54) is 30.1 Å². The predicted octanol–water partition coefficient (Wildman–Crippen LogP) is 4.37. The molecule has 0 aliphatic carbocycles. The lowest BCUT2D eigenvalue weighted by Crippen LogP contribution is -2.19. The van der Waals surface area contributed by atoms with E-state index in [-0.39, 0.29) is 22.2 Å². The van der Waals surface area contributed by atoms with Gasteiger partial charge >= 0.3 is 0 Å². The highest BCUT2D eigenvalue weighted by Crippen LogP contribution is 2.20. The van der Waals surface area contributed by atoms with Gasteiger partial charge in [0, 0.05) is 15.5 Å². The molecule has 7 heteroatoms. The number of nitrogens with one attached hydrogen (secondary N) is 1. The van der Waals surface area contributed by atoms with Crippen LogP contribution in [0.2, 0.25) is 10.0 Å². The van der Waals surface area contributed by atoms with Crippen molar-refractivity contribution in [3.8, 4) is 0 Å². The van der Waals surface area contributed by atoms with Crippen molar-refractivity contribution in [1.29, 1.82) is 0 Å². The average molecular weight is 357 g/mol. The minimum absolute atomic E-state index is 0.134. The molecule has 0 radical (unpaired) electrons. The first-order chi connectivity index (χ1) is 10.6. The fourth-order valence-electron chi connectivity index (χ4n) is 1.51. The zero-order valence-electron chi connectivity index (χ0n) is 11.2. The smallest absolute Gasteiger partial charge is 0.250 e. The highest BCUT2D eigenvalue weighted by Gasteiger charge is 2.05. The van der Waals surface area contributed by atoms with E-state index in [2.05, 4.69) is 10.5 Å². The minimum atomic E-state index is -0.499. The van der Waals surface area contributed by atoms with Crippen LogP contribution in [0, 0.1) is 5.82 Å². The van der Waals surface area contributed by atoms with Crippen LogP contribution in [0.15, 0.2) is 52.5 Å². The van der Waals surface area contributed by atoms with Gasteiger partial charge in [0.15, 0.2) is 0 Å². The highest BCUT2D eigenvalue weighted by molar-refractivity contribution is 8.00. The van der Waals surface area contributed by atoms with Gasteiger partial charge in [0.05, 0.1) is 17.0 Å². The number of thioether (sulfide) groups is 1. The van der Waals surface area contributed by atoms with Crippen molar-refractivity contribution in [1.82, 2.24) is 5.43 Å². The van der Waals surface area contributed by atoms with Crippen LogP contribution in [-0.2, 0) is 4.79 Å². The second-order valence-corrected chi connectivity index (χ2v) is 6.06. The Morgan fingerprint density at radius 2 is 1.95 bits per heavy atom. The molecule has 114 valence electrons. The van der Waals surface area contributed by atoms with E-state index in [9.17, 15) is 9.18 Å². The minimum Gasteiger partial charge on any atom is -0.272 e. The number of amides is 1. The average Bonchev–Trinajstić information content (AvgIpc) is 2.50. The van der Waals surface area contributed by atoms with E-state index < -0.39 is 5.82 Å². The summed E-state index contributed by atoms with van der Waals surface area (Å²) in [4.78, 5) is 12.6. The van der Waals surface area contributed by atoms with Gasteiger partial charge < -0.3 is 0 Å². The maximum Gasteiger partial charge on any atom is 0.250 e. The molecule has 0 bridgehead atoms. The summed E-state index contributed by atoms with van der Waals surface area (Å²) >= 11 is 13.0. The van der Waals surface area contributed by atoms with Gasteiger partial charge in [0.25, 0.3) is 0 Å². The Labute approximate surface area is 141 Å². The topological polar surface area (TPSA) is 41.5 Å². The van der Waals surface area contributed by atoms with Crippen LogP contribution in [0.5, 0.6) is 0 Å². The van der Waals surface area contributed by atoms with E-state index in [1.54, 1.807) is 18.2 Å². The van der Waals surface area contributed by atoms with Crippen LogP contribution in [-0.4, -0.2) is 17.9 Å². The Morgan fingerprint density at radius 1 is 1.23 bits per heavy atom. The molecule has 0 heterocycles. The van der Waals surface area contributed by atoms with Gasteiger partial charge in [-0.1, -0.05) is 29.3 Å². The standard InChI is InChI=1S/C15H11Cl2FN2OS/c16-10-4-6-11(7-5-10)22-9-15(21)20-19-8-12-13(17)2-1-3-14(12)18/h1-8H,9H2,(H,20,21)/b19-8+. The molecule has 1 amide bonds. The van der Waals surface area contributed by atoms with Crippen molar-refractivity contribution >= 4 is 47.1 Å². The summed E-state index contributed by atoms with van der Waals surface area (Å²) < 4.78 is 13.5. The number of carbonyl (C=O) groups is 1. The summed E-state index contributed by atoms with van der Waals surface area (Å²) in [5.74, 6) is -0.617. The molecule has 0 fully saturated rings. The van der Waals surface area contributed by atoms with Crippen molar-refractivity contribution in [3.05, 3.63) is 63.9 Å². The SMILES string of the molecule is O=C(CSc1ccc(Cl)cc1)N/N=C/c1c(F)cccc1Cl. The molecule has 0 saturated carbocycles. The quantitative estimate of drug-likeness (QED) is 0.490. The van der Waals surface area contributed by atoms with E-state index in [4.69, 9.17) is 23.2 Å². The lowest BCUT2D eigenvalue weighted by atomic mass is 10.2. The molecule has 2 rings (SSSR count). The highest BCUT2D eigenvalue weighted by atomic mass is 35.5. The molecule has 0 spiro atoms. The zero-order chi connectivity index (χ0) is 15.9. The summed E-state index contributed by atoms with van der Waals surface area (Å²) in [5.41, 5.74) is 2.46. The van der Waals surface area contributed by atoms with Gasteiger partial charge in [-0.15, -0.1) is 11.8 Å². The molecule has 2 aromatic carbocycles. The van der Waals surface area contributed by atoms with E-state index in [0.717, 1.165) is 4.90 Å². The third kappa shape index (κ3) is 5.02. The van der Waals surface area contributed by atoms with Crippen LogP contribution in [0.25, 0.3) is 0 Å². The molecule has 3 nitrogen and oxygen atoms in total. The van der Waals surface area contributed by atoms with Crippen LogP contribution in [0.1, 0.15) is 5.56 Å². The van der Waals surface area contributed by atoms with E-state index in [0.29, 0.717) is 5.02 Å². The first kappa shape index (κ1) is 16.8. The number of nitrogens with zero attached hydrogens (tertiary/aromatic N) is 1. The van der Waals surface area contributed by atoms with Gasteiger partial charge in [0.2, 0.25) is 5.91 Å². The number of halogens is 3. The maximum atomic E-state index is 13.5. The lowest BCUT2D eigenvalue weighted by molar-refractivity contribution is -0.118. The maximum absolute atomic E-state index is 13.5. The first-order valence-corrected chi connectivity index (χ1v) is 7.94. The Kier molecular flexibility index (Phi) is 6.24. The molecular formula is C15H11Cl2FN2OS. The van der Waals surface area contributed by atoms with Crippen molar-refractivity contribution in [2.45, 2.75) is 4.90 Å². The third-order valence-electron chi connectivity index (χ3n) is 2.57. The number of hydrogen-bond acceptors (Lipinski definition) is 3. The number of hydrogen-bond donors (Lipinski definition) is 1. The Morgan fingerprint density at radius 3 is 2.64 bits per heavy atom.